The number of alkyl halides is 6. The van der Waals surface area contributed by atoms with Crippen molar-refractivity contribution in [3.8, 4) is 5.75 Å². The maximum atomic E-state index is 14.6. The summed E-state index contributed by atoms with van der Waals surface area (Å²) >= 11 is 26.1. The van der Waals surface area contributed by atoms with E-state index in [0.717, 1.165) is 54.0 Å². The number of hydrogen-bond donors (Lipinski definition) is 0. The number of ether oxygens (including phenoxy) is 3. The predicted molar refractivity (Wildman–Crippen MR) is 219 cm³/mol. The van der Waals surface area contributed by atoms with Crippen molar-refractivity contribution < 1.29 is 66.6 Å². The fourth-order valence-electron chi connectivity index (χ4n) is 5.18. The Morgan fingerprint density at radius 3 is 1.60 bits per heavy atom. The Balaban J connectivity index is 0.000000287. The number of anilines is 2. The van der Waals surface area contributed by atoms with E-state index in [4.69, 9.17) is 60.6 Å². The molecule has 0 aliphatic carbocycles. The molecule has 334 valence electrons. The summed E-state index contributed by atoms with van der Waals surface area (Å²) in [6.07, 6.45) is -7.47. The summed E-state index contributed by atoms with van der Waals surface area (Å²) in [6, 6.07) is 10.2. The highest BCUT2D eigenvalue weighted by Crippen LogP contribution is 2.40. The molecule has 0 saturated carbocycles. The van der Waals surface area contributed by atoms with Crippen LogP contribution in [0.25, 0.3) is 0 Å². The second kappa shape index (κ2) is 20.2. The highest BCUT2D eigenvalue weighted by atomic mass is 79.9. The molecule has 0 aliphatic heterocycles. The number of methoxy groups -OCH3 is 3. The van der Waals surface area contributed by atoms with Crippen LogP contribution in [0, 0.1) is 5.82 Å². The summed E-state index contributed by atoms with van der Waals surface area (Å²) in [7, 11) is -5.71. The second-order valence-corrected chi connectivity index (χ2v) is 18.1. The molecular formula is C36H26BrCl4F7N4O8S2. The van der Waals surface area contributed by atoms with Gasteiger partial charge in [-0.15, -0.1) is 0 Å². The van der Waals surface area contributed by atoms with Gasteiger partial charge in [0.25, 0.3) is 20.0 Å². The number of ketones is 1. The molecule has 0 spiro atoms. The quantitative estimate of drug-likeness (QED) is 0.0483. The average Bonchev–Trinajstić information content (AvgIpc) is 3.19. The van der Waals surface area contributed by atoms with E-state index in [2.05, 4.69) is 25.9 Å². The van der Waals surface area contributed by atoms with E-state index in [1.165, 1.54) is 38.6 Å². The third-order valence-electron chi connectivity index (χ3n) is 7.95. The molecule has 0 fully saturated rings. The van der Waals surface area contributed by atoms with Crippen LogP contribution in [0.15, 0.2) is 93.5 Å². The third-order valence-corrected chi connectivity index (χ3v) is 13.1. The predicted octanol–water partition coefficient (Wildman–Crippen LogP) is 10.6. The van der Waals surface area contributed by atoms with E-state index in [0.29, 0.717) is 16.4 Å². The molecule has 2 aromatic heterocycles. The van der Waals surface area contributed by atoms with E-state index >= 15 is 0 Å². The van der Waals surface area contributed by atoms with Crippen molar-refractivity contribution >= 4 is 99.5 Å². The molecule has 0 amide bonds. The van der Waals surface area contributed by atoms with Crippen LogP contribution >= 0.6 is 62.3 Å². The molecule has 5 rings (SSSR count). The monoisotopic (exact) mass is 1060 g/mol. The van der Waals surface area contributed by atoms with Crippen molar-refractivity contribution in [2.24, 2.45) is 0 Å². The maximum Gasteiger partial charge on any atom is 0.417 e. The molecular weight excluding hydrogens is 1040 g/mol. The summed E-state index contributed by atoms with van der Waals surface area (Å²) in [5.41, 5.74) is -4.24. The molecule has 0 saturated heterocycles. The van der Waals surface area contributed by atoms with E-state index in [1.807, 2.05) is 0 Å². The van der Waals surface area contributed by atoms with E-state index < -0.39 is 105 Å². The number of hydrogen-bond acceptors (Lipinski definition) is 10. The number of benzene rings is 3. The van der Waals surface area contributed by atoms with Gasteiger partial charge in [0.15, 0.2) is 0 Å². The van der Waals surface area contributed by atoms with Gasteiger partial charge in [-0.3, -0.25) is 4.79 Å². The minimum Gasteiger partial charge on any atom is -0.496 e. The lowest BCUT2D eigenvalue weighted by molar-refractivity contribution is -0.138. The van der Waals surface area contributed by atoms with Crippen molar-refractivity contribution in [3.63, 3.8) is 0 Å². The molecule has 0 aliphatic rings. The van der Waals surface area contributed by atoms with Crippen molar-refractivity contribution in [2.75, 3.05) is 43.4 Å². The molecule has 12 nitrogen and oxygen atoms in total. The number of rotatable bonds is 13. The minimum absolute atomic E-state index is 0.00265. The molecule has 0 N–H and O–H groups in total. The van der Waals surface area contributed by atoms with Crippen LogP contribution in [0.2, 0.25) is 20.1 Å². The fraction of sp³-hybridized carbons (Fsp3) is 0.194. The number of carbonyl (C=O) groups is 1. The SMILES string of the molecule is COCN(c1cc(Cl)cnc1Br)S(=O)(=O)c1ccc(Cl)c(C(F)(F)F)c1.COCN(c1cc(Cl)cnc1C(=O)c1c(F)cccc1OC)S(=O)(=O)c1ccc(Cl)c(C(F)(F)F)c1. The lowest BCUT2D eigenvalue weighted by Gasteiger charge is -2.25. The van der Waals surface area contributed by atoms with Gasteiger partial charge in [-0.1, -0.05) is 52.5 Å². The number of sulfonamides is 2. The summed E-state index contributed by atoms with van der Waals surface area (Å²) in [6.45, 7) is -1.24. The standard InChI is InChI=1S/C22H16Cl2F4N2O5S.C14H10BrCl2F3N2O3S/c1-34-11-30(36(32,33)13-6-7-15(24)14(9-13)22(26,27)28)17-8-12(23)10-29-20(17)21(31)19-16(25)4-3-5-18(19)35-2;1-25-7-22(12-4-8(16)6-21-13(12)15)26(23,24)9-2-3-11(17)10(5-9)14(18,19)20/h3-10H,11H2,1-2H3;2-6H,7H2,1H3. The van der Waals surface area contributed by atoms with E-state index in [-0.39, 0.29) is 26.1 Å². The third kappa shape index (κ3) is 11.4. The average molecular weight is 1060 g/mol. The first-order valence-corrected chi connectivity index (χ1v) is 21.6. The Bertz CT molecular complexity index is 2700. The topological polar surface area (TPSA) is 145 Å². The van der Waals surface area contributed by atoms with Gasteiger partial charge in [0.1, 0.15) is 40.9 Å². The summed E-state index contributed by atoms with van der Waals surface area (Å²) in [5, 5.41) is -1.32. The molecule has 62 heavy (non-hydrogen) atoms. The molecule has 0 radical (unpaired) electrons. The van der Waals surface area contributed by atoms with Crippen LogP contribution in [-0.4, -0.2) is 67.4 Å². The Kier molecular flexibility index (Phi) is 16.5. The fourth-order valence-corrected chi connectivity index (χ4v) is 9.29. The highest BCUT2D eigenvalue weighted by molar-refractivity contribution is 9.10. The number of halogens is 12. The zero-order valence-corrected chi connectivity index (χ0v) is 37.6. The molecule has 5 aromatic rings. The van der Waals surface area contributed by atoms with Crippen LogP contribution in [0.5, 0.6) is 5.75 Å². The molecule has 26 heteroatoms. The Morgan fingerprint density at radius 1 is 0.694 bits per heavy atom. The Labute approximate surface area is 377 Å². The molecule has 2 heterocycles. The highest BCUT2D eigenvalue weighted by Gasteiger charge is 2.38. The normalized spacial score (nSPS) is 12.0. The van der Waals surface area contributed by atoms with Gasteiger partial charge < -0.3 is 14.2 Å². The van der Waals surface area contributed by atoms with Gasteiger partial charge in [0.2, 0.25) is 5.78 Å². The lowest BCUT2D eigenvalue weighted by atomic mass is 10.0. The Morgan fingerprint density at radius 2 is 1.15 bits per heavy atom. The van der Waals surface area contributed by atoms with Crippen LogP contribution in [0.3, 0.4) is 0 Å². The zero-order valence-electron chi connectivity index (χ0n) is 31.3. The number of carbonyl (C=O) groups excluding carboxylic acids is 1. The van der Waals surface area contributed by atoms with Gasteiger partial charge in [0, 0.05) is 26.6 Å². The largest absolute Gasteiger partial charge is 0.496 e. The first-order chi connectivity index (χ1) is 28.8. The summed E-state index contributed by atoms with van der Waals surface area (Å²) in [4.78, 5) is 19.7. The zero-order chi connectivity index (χ0) is 46.5. The van der Waals surface area contributed by atoms with Gasteiger partial charge in [-0.05, 0) is 76.6 Å². The minimum atomic E-state index is -4.95. The smallest absolute Gasteiger partial charge is 0.417 e. The van der Waals surface area contributed by atoms with Crippen LogP contribution in [0.4, 0.5) is 42.1 Å². The first-order valence-electron chi connectivity index (χ1n) is 16.4. The molecule has 0 atom stereocenters. The van der Waals surface area contributed by atoms with Crippen molar-refractivity contribution in [2.45, 2.75) is 22.1 Å². The summed E-state index contributed by atoms with van der Waals surface area (Å²) < 4.78 is 163. The molecule has 0 unspecified atom stereocenters. The van der Waals surface area contributed by atoms with Crippen LogP contribution in [0.1, 0.15) is 27.2 Å². The van der Waals surface area contributed by atoms with Crippen molar-refractivity contribution in [3.05, 3.63) is 132 Å². The molecule has 3 aromatic carbocycles. The van der Waals surface area contributed by atoms with Gasteiger partial charge in [-0.25, -0.2) is 39.8 Å². The van der Waals surface area contributed by atoms with Gasteiger partial charge >= 0.3 is 12.4 Å². The van der Waals surface area contributed by atoms with Crippen LogP contribution in [-0.2, 0) is 41.9 Å². The maximum absolute atomic E-state index is 14.6. The van der Waals surface area contributed by atoms with Crippen molar-refractivity contribution in [1.29, 1.82) is 0 Å². The van der Waals surface area contributed by atoms with Crippen molar-refractivity contribution in [1.82, 2.24) is 9.97 Å². The number of pyridine rings is 2. The first kappa shape index (κ1) is 50.6. The van der Waals surface area contributed by atoms with E-state index in [1.54, 1.807) is 0 Å². The Hall–Kier alpha value is -4.00. The van der Waals surface area contributed by atoms with Crippen LogP contribution < -0.4 is 13.3 Å². The van der Waals surface area contributed by atoms with Gasteiger partial charge in [0.05, 0.1) is 59.5 Å². The number of aromatic nitrogens is 2. The molecule has 0 bridgehead atoms. The number of nitrogens with zero attached hydrogens (tertiary/aromatic N) is 4. The van der Waals surface area contributed by atoms with Gasteiger partial charge in [-0.2, -0.15) is 26.3 Å². The lowest BCUT2D eigenvalue weighted by Crippen LogP contribution is -2.34. The van der Waals surface area contributed by atoms with E-state index in [9.17, 15) is 52.4 Å². The second-order valence-electron chi connectivity index (χ2n) is 12.0. The summed E-state index contributed by atoms with van der Waals surface area (Å²) in [5.74, 6) is -2.20.